The highest BCUT2D eigenvalue weighted by Gasteiger charge is 2.22. The fourth-order valence-electron chi connectivity index (χ4n) is 2.69. The van der Waals surface area contributed by atoms with Gasteiger partial charge in [0, 0.05) is 18.0 Å². The number of hydrogen-bond acceptors (Lipinski definition) is 4. The summed E-state index contributed by atoms with van der Waals surface area (Å²) in [5.74, 6) is -0.0996. The van der Waals surface area contributed by atoms with Crippen LogP contribution in [0.15, 0.2) is 29.0 Å². The predicted molar refractivity (Wildman–Crippen MR) is 93.2 cm³/mol. The second-order valence-electron chi connectivity index (χ2n) is 5.38. The largest absolute Gasteiger partial charge is 0.350 e. The van der Waals surface area contributed by atoms with E-state index in [1.807, 2.05) is 11.4 Å². The topological polar surface area (TPSA) is 70.2 Å². The average Bonchev–Trinajstić information content (AvgIpc) is 3.22. The number of aryl methyl sites for hydroxylation is 1. The van der Waals surface area contributed by atoms with E-state index in [4.69, 9.17) is 0 Å². The van der Waals surface area contributed by atoms with E-state index in [-0.39, 0.29) is 18.0 Å². The van der Waals surface area contributed by atoms with Crippen molar-refractivity contribution in [3.8, 4) is 0 Å². The van der Waals surface area contributed by atoms with Crippen LogP contribution in [0.1, 0.15) is 39.0 Å². The van der Waals surface area contributed by atoms with Crippen molar-refractivity contribution in [3.05, 3.63) is 44.3 Å². The van der Waals surface area contributed by atoms with Gasteiger partial charge in [-0.15, -0.1) is 22.7 Å². The zero-order valence-electron chi connectivity index (χ0n) is 12.6. The first-order chi connectivity index (χ1) is 11.2. The minimum absolute atomic E-state index is 0.0996. The number of amides is 3. The van der Waals surface area contributed by atoms with Gasteiger partial charge in [-0.2, -0.15) is 0 Å². The van der Waals surface area contributed by atoms with Crippen molar-refractivity contribution in [2.45, 2.75) is 25.3 Å². The molecule has 1 aliphatic carbocycles. The van der Waals surface area contributed by atoms with Gasteiger partial charge in [0.15, 0.2) is 0 Å². The smallest absolute Gasteiger partial charge is 0.315 e. The molecule has 0 aromatic carbocycles. The van der Waals surface area contributed by atoms with Gasteiger partial charge in [-0.05, 0) is 47.7 Å². The van der Waals surface area contributed by atoms with E-state index in [1.54, 1.807) is 17.4 Å². The zero-order valence-corrected chi connectivity index (χ0v) is 14.3. The molecule has 2 aromatic rings. The first kappa shape index (κ1) is 16.0. The van der Waals surface area contributed by atoms with Gasteiger partial charge in [-0.3, -0.25) is 4.79 Å². The molecule has 2 heterocycles. The lowest BCUT2D eigenvalue weighted by atomic mass is 9.94. The van der Waals surface area contributed by atoms with Crippen molar-refractivity contribution < 1.29 is 9.59 Å². The number of nitrogens with one attached hydrogen (secondary N) is 3. The van der Waals surface area contributed by atoms with E-state index in [9.17, 15) is 9.59 Å². The van der Waals surface area contributed by atoms with Crippen LogP contribution in [0.5, 0.6) is 0 Å². The standard InChI is InChI=1S/C16H19N3O2S2/c20-15(14-5-2-9-22-14)17-7-8-18-16(21)19-12-3-1-4-13-11(12)6-10-23-13/h2,5-6,9-10,12H,1,3-4,7-8H2,(H,17,20)(H2,18,19,21)/t12-/m0/s1. The molecule has 0 spiro atoms. The molecule has 1 aliphatic rings. The molecule has 7 heteroatoms. The molecule has 5 nitrogen and oxygen atoms in total. The molecule has 0 saturated carbocycles. The van der Waals surface area contributed by atoms with Gasteiger partial charge in [0.2, 0.25) is 0 Å². The molecule has 0 bridgehead atoms. The highest BCUT2D eigenvalue weighted by atomic mass is 32.1. The molecule has 122 valence electrons. The summed E-state index contributed by atoms with van der Waals surface area (Å²) >= 11 is 3.16. The maximum atomic E-state index is 12.0. The Kier molecular flexibility index (Phi) is 5.30. The molecule has 0 unspecified atom stereocenters. The summed E-state index contributed by atoms with van der Waals surface area (Å²) in [7, 11) is 0. The zero-order chi connectivity index (χ0) is 16.1. The molecule has 23 heavy (non-hydrogen) atoms. The van der Waals surface area contributed by atoms with Crippen LogP contribution in [0.25, 0.3) is 0 Å². The number of carbonyl (C=O) groups is 2. The van der Waals surface area contributed by atoms with Gasteiger partial charge >= 0.3 is 6.03 Å². The summed E-state index contributed by atoms with van der Waals surface area (Å²) in [4.78, 5) is 25.8. The molecule has 0 fully saturated rings. The molecule has 1 atom stereocenters. The van der Waals surface area contributed by atoms with Crippen LogP contribution < -0.4 is 16.0 Å². The van der Waals surface area contributed by atoms with E-state index in [2.05, 4.69) is 27.4 Å². The molecule has 3 amide bonds. The minimum atomic E-state index is -0.181. The molecular weight excluding hydrogens is 330 g/mol. The van der Waals surface area contributed by atoms with Crippen molar-refractivity contribution in [3.63, 3.8) is 0 Å². The first-order valence-corrected chi connectivity index (χ1v) is 9.42. The van der Waals surface area contributed by atoms with Crippen molar-refractivity contribution in [2.24, 2.45) is 0 Å². The SMILES string of the molecule is O=C(NCCNC(=O)c1cccs1)N[C@H]1CCCc2sccc21. The normalized spacial score (nSPS) is 16.4. The Morgan fingerprint density at radius 3 is 2.83 bits per heavy atom. The molecule has 0 radical (unpaired) electrons. The summed E-state index contributed by atoms with van der Waals surface area (Å²) in [6.07, 6.45) is 3.20. The van der Waals surface area contributed by atoms with Crippen molar-refractivity contribution >= 4 is 34.6 Å². The minimum Gasteiger partial charge on any atom is -0.350 e. The average molecular weight is 349 g/mol. The van der Waals surface area contributed by atoms with Gasteiger partial charge in [0.1, 0.15) is 0 Å². The van der Waals surface area contributed by atoms with Crippen LogP contribution in [0, 0.1) is 0 Å². The van der Waals surface area contributed by atoms with Gasteiger partial charge in [0.05, 0.1) is 10.9 Å². The lowest BCUT2D eigenvalue weighted by molar-refractivity contribution is 0.0958. The summed E-state index contributed by atoms with van der Waals surface area (Å²) in [6, 6.07) is 5.64. The van der Waals surface area contributed by atoms with Gasteiger partial charge in [0.25, 0.3) is 5.91 Å². The Balaban J connectivity index is 1.38. The molecule has 0 saturated heterocycles. The third-order valence-corrected chi connectivity index (χ3v) is 5.66. The van der Waals surface area contributed by atoms with E-state index >= 15 is 0 Å². The highest BCUT2D eigenvalue weighted by molar-refractivity contribution is 7.12. The third kappa shape index (κ3) is 4.11. The summed E-state index contributed by atoms with van der Waals surface area (Å²) in [5, 5.41) is 12.6. The second-order valence-corrected chi connectivity index (χ2v) is 7.33. The molecule has 2 aromatic heterocycles. The molecule has 3 N–H and O–H groups in total. The second kappa shape index (κ2) is 7.61. The van der Waals surface area contributed by atoms with Crippen molar-refractivity contribution in [2.75, 3.05) is 13.1 Å². The summed E-state index contributed by atoms with van der Waals surface area (Å²) in [6.45, 7) is 0.824. The predicted octanol–water partition coefficient (Wildman–Crippen LogP) is 2.92. The Bertz CT molecular complexity index is 667. The number of rotatable bonds is 5. The van der Waals surface area contributed by atoms with Crippen LogP contribution in [0.3, 0.4) is 0 Å². The van der Waals surface area contributed by atoms with E-state index in [0.29, 0.717) is 18.0 Å². The monoisotopic (exact) mass is 349 g/mol. The first-order valence-electron chi connectivity index (χ1n) is 7.66. The van der Waals surface area contributed by atoms with Crippen LogP contribution in [-0.2, 0) is 6.42 Å². The maximum absolute atomic E-state index is 12.0. The molecule has 0 aliphatic heterocycles. The number of fused-ring (bicyclic) bond motifs is 1. The van der Waals surface area contributed by atoms with Gasteiger partial charge < -0.3 is 16.0 Å². The van der Waals surface area contributed by atoms with E-state index in [1.165, 1.54) is 21.8 Å². The molecular formula is C16H19N3O2S2. The lowest BCUT2D eigenvalue weighted by Gasteiger charge is -2.23. The Labute approximate surface area is 143 Å². The quantitative estimate of drug-likeness (QED) is 0.727. The fourth-order valence-corrected chi connectivity index (χ4v) is 4.32. The van der Waals surface area contributed by atoms with Gasteiger partial charge in [-0.25, -0.2) is 4.79 Å². The number of hydrogen-bond donors (Lipinski definition) is 3. The fraction of sp³-hybridized carbons (Fsp3) is 0.375. The van der Waals surface area contributed by atoms with Gasteiger partial charge in [-0.1, -0.05) is 6.07 Å². The van der Waals surface area contributed by atoms with Crippen LogP contribution in [0.4, 0.5) is 4.79 Å². The number of urea groups is 1. The highest BCUT2D eigenvalue weighted by Crippen LogP contribution is 2.33. The number of carbonyl (C=O) groups excluding carboxylic acids is 2. The van der Waals surface area contributed by atoms with Crippen molar-refractivity contribution in [1.82, 2.24) is 16.0 Å². The van der Waals surface area contributed by atoms with Crippen LogP contribution >= 0.6 is 22.7 Å². The van der Waals surface area contributed by atoms with E-state index in [0.717, 1.165) is 19.3 Å². The Morgan fingerprint density at radius 2 is 2.00 bits per heavy atom. The Morgan fingerprint density at radius 1 is 1.13 bits per heavy atom. The van der Waals surface area contributed by atoms with Crippen LogP contribution in [-0.4, -0.2) is 25.0 Å². The molecule has 3 rings (SSSR count). The third-order valence-electron chi connectivity index (χ3n) is 3.80. The Hall–Kier alpha value is -1.86. The summed E-state index contributed by atoms with van der Waals surface area (Å²) < 4.78 is 0. The lowest BCUT2D eigenvalue weighted by Crippen LogP contribution is -2.42. The maximum Gasteiger partial charge on any atom is 0.315 e. The summed E-state index contributed by atoms with van der Waals surface area (Å²) in [5.41, 5.74) is 1.25. The van der Waals surface area contributed by atoms with Crippen LogP contribution in [0.2, 0.25) is 0 Å². The van der Waals surface area contributed by atoms with E-state index < -0.39 is 0 Å². The number of thiophene rings is 2. The van der Waals surface area contributed by atoms with Crippen molar-refractivity contribution in [1.29, 1.82) is 0 Å².